The van der Waals surface area contributed by atoms with E-state index in [9.17, 15) is 0 Å². The second-order valence-electron chi connectivity index (χ2n) is 2.82. The van der Waals surface area contributed by atoms with Crippen molar-refractivity contribution in [1.82, 2.24) is 4.98 Å². The first-order valence-corrected chi connectivity index (χ1v) is 4.23. The number of aromatic nitrogens is 1. The average Bonchev–Trinajstić information content (AvgIpc) is 2.30. The van der Waals surface area contributed by atoms with Gasteiger partial charge in [0.2, 0.25) is 0 Å². The standard InChI is InChI=1S/C12H7N2.Ir/c13-9-10-4-6-11(7-5-10)12-3-1-2-8-14-12;/h1-6,8H;/q-1;+3. The fourth-order valence-electron chi connectivity index (χ4n) is 1.18. The van der Waals surface area contributed by atoms with Crippen molar-refractivity contribution in [1.29, 1.82) is 5.26 Å². The molecule has 0 N–H and O–H groups in total. The van der Waals surface area contributed by atoms with E-state index in [0.717, 1.165) is 11.3 Å². The second kappa shape index (κ2) is 5.41. The summed E-state index contributed by atoms with van der Waals surface area (Å²) in [5, 5.41) is 8.61. The fourth-order valence-corrected chi connectivity index (χ4v) is 1.18. The number of benzene rings is 1. The van der Waals surface area contributed by atoms with Crippen LogP contribution in [0.3, 0.4) is 0 Å². The van der Waals surface area contributed by atoms with Crippen LogP contribution in [0.4, 0.5) is 0 Å². The van der Waals surface area contributed by atoms with Gasteiger partial charge in [-0.1, -0.05) is 12.1 Å². The van der Waals surface area contributed by atoms with Gasteiger partial charge in [-0.05, 0) is 17.3 Å². The van der Waals surface area contributed by atoms with Crippen molar-refractivity contribution in [3.05, 3.63) is 54.2 Å². The van der Waals surface area contributed by atoms with E-state index in [0.29, 0.717) is 5.56 Å². The molecule has 1 heterocycles. The van der Waals surface area contributed by atoms with Crippen molar-refractivity contribution in [2.75, 3.05) is 0 Å². The van der Waals surface area contributed by atoms with Crippen molar-refractivity contribution in [2.45, 2.75) is 0 Å². The van der Waals surface area contributed by atoms with Gasteiger partial charge in [0.25, 0.3) is 0 Å². The molecule has 0 aliphatic rings. The minimum Gasteiger partial charge on any atom is -0.305 e. The van der Waals surface area contributed by atoms with Gasteiger partial charge in [0.05, 0.1) is 0 Å². The van der Waals surface area contributed by atoms with E-state index >= 15 is 0 Å². The SMILES string of the molecule is N#Cc1c[c-]c(-c2ccccn2)cc1.[Ir+3]. The first kappa shape index (κ1) is 11.6. The van der Waals surface area contributed by atoms with Crippen LogP contribution in [0.25, 0.3) is 11.3 Å². The van der Waals surface area contributed by atoms with Gasteiger partial charge in [0.15, 0.2) is 0 Å². The molecular formula is C12H7IrN2+2. The zero-order valence-electron chi connectivity index (χ0n) is 7.77. The van der Waals surface area contributed by atoms with Gasteiger partial charge >= 0.3 is 20.1 Å². The summed E-state index contributed by atoms with van der Waals surface area (Å²) in [5.74, 6) is 0. The molecule has 15 heavy (non-hydrogen) atoms. The molecule has 0 unspecified atom stereocenters. The number of pyridine rings is 1. The topological polar surface area (TPSA) is 36.7 Å². The second-order valence-corrected chi connectivity index (χ2v) is 2.82. The Balaban J connectivity index is 0.00000112. The molecule has 0 bridgehead atoms. The summed E-state index contributed by atoms with van der Waals surface area (Å²) in [5.41, 5.74) is 2.39. The quantitative estimate of drug-likeness (QED) is 0.722. The Hall–Kier alpha value is -1.49. The van der Waals surface area contributed by atoms with Crippen LogP contribution in [-0.2, 0) is 20.1 Å². The Morgan fingerprint density at radius 3 is 2.60 bits per heavy atom. The maximum absolute atomic E-state index is 8.61. The van der Waals surface area contributed by atoms with E-state index in [1.165, 1.54) is 0 Å². The number of rotatable bonds is 1. The molecule has 3 heteroatoms. The van der Waals surface area contributed by atoms with Crippen molar-refractivity contribution in [2.24, 2.45) is 0 Å². The first-order valence-electron chi connectivity index (χ1n) is 4.23. The molecule has 0 aliphatic carbocycles. The molecule has 2 rings (SSSR count). The van der Waals surface area contributed by atoms with Gasteiger partial charge in [-0.25, -0.2) is 5.26 Å². The van der Waals surface area contributed by atoms with Crippen LogP contribution < -0.4 is 0 Å². The molecule has 0 fully saturated rings. The number of hydrogen-bond acceptors (Lipinski definition) is 2. The van der Waals surface area contributed by atoms with E-state index in [4.69, 9.17) is 5.26 Å². The molecule has 0 saturated carbocycles. The Morgan fingerprint density at radius 2 is 2.07 bits per heavy atom. The number of nitriles is 1. The van der Waals surface area contributed by atoms with Gasteiger partial charge in [0.1, 0.15) is 0 Å². The maximum atomic E-state index is 8.61. The summed E-state index contributed by atoms with van der Waals surface area (Å²) in [4.78, 5) is 4.19. The number of nitrogens with zero attached hydrogens (tertiary/aromatic N) is 2. The molecule has 1 aromatic carbocycles. The summed E-state index contributed by atoms with van der Waals surface area (Å²) in [6.07, 6.45) is 1.74. The summed E-state index contributed by atoms with van der Waals surface area (Å²) in [6, 6.07) is 16.1. The largest absolute Gasteiger partial charge is 3.00 e. The minimum atomic E-state index is 0. The summed E-state index contributed by atoms with van der Waals surface area (Å²) in [6.45, 7) is 0. The molecule has 0 radical (unpaired) electrons. The fraction of sp³-hybridized carbons (Fsp3) is 0. The predicted octanol–water partition coefficient (Wildman–Crippen LogP) is 2.42. The molecule has 0 aliphatic heterocycles. The van der Waals surface area contributed by atoms with E-state index in [2.05, 4.69) is 17.1 Å². The zero-order chi connectivity index (χ0) is 9.80. The third-order valence-electron chi connectivity index (χ3n) is 1.88. The zero-order valence-corrected chi connectivity index (χ0v) is 10.2. The van der Waals surface area contributed by atoms with Gasteiger partial charge in [0, 0.05) is 12.3 Å². The van der Waals surface area contributed by atoms with Gasteiger partial charge < -0.3 is 4.98 Å². The molecule has 1 aromatic heterocycles. The van der Waals surface area contributed by atoms with Crippen molar-refractivity contribution in [3.63, 3.8) is 0 Å². The van der Waals surface area contributed by atoms with E-state index in [1.807, 2.05) is 24.3 Å². The molecule has 2 aromatic rings. The van der Waals surface area contributed by atoms with Gasteiger partial charge in [-0.15, -0.1) is 29.8 Å². The van der Waals surface area contributed by atoms with E-state index in [1.54, 1.807) is 18.3 Å². The summed E-state index contributed by atoms with van der Waals surface area (Å²) < 4.78 is 0. The van der Waals surface area contributed by atoms with Crippen LogP contribution in [0.2, 0.25) is 0 Å². The smallest absolute Gasteiger partial charge is 0.305 e. The first-order chi connectivity index (χ1) is 6.90. The normalized spacial score (nSPS) is 8.73. The Kier molecular flexibility index (Phi) is 4.17. The molecule has 2 nitrogen and oxygen atoms in total. The van der Waals surface area contributed by atoms with E-state index < -0.39 is 0 Å². The monoisotopic (exact) mass is 372 g/mol. The third kappa shape index (κ3) is 2.73. The minimum absolute atomic E-state index is 0. The van der Waals surface area contributed by atoms with Gasteiger partial charge in [-0.2, -0.15) is 0 Å². The predicted molar refractivity (Wildman–Crippen MR) is 53.2 cm³/mol. The molecule has 0 atom stereocenters. The summed E-state index contributed by atoms with van der Waals surface area (Å²) in [7, 11) is 0. The average molecular weight is 371 g/mol. The third-order valence-corrected chi connectivity index (χ3v) is 1.88. The van der Waals surface area contributed by atoms with E-state index in [-0.39, 0.29) is 20.1 Å². The van der Waals surface area contributed by atoms with Gasteiger partial charge in [-0.3, -0.25) is 0 Å². The Labute approximate surface area is 102 Å². The van der Waals surface area contributed by atoms with Crippen LogP contribution in [0.15, 0.2) is 42.6 Å². The van der Waals surface area contributed by atoms with Crippen molar-refractivity contribution in [3.8, 4) is 17.3 Å². The van der Waals surface area contributed by atoms with Crippen LogP contribution in [0.1, 0.15) is 5.56 Å². The summed E-state index contributed by atoms with van der Waals surface area (Å²) >= 11 is 0. The molecule has 72 valence electrons. The van der Waals surface area contributed by atoms with Crippen LogP contribution in [0, 0.1) is 17.4 Å². The van der Waals surface area contributed by atoms with Crippen molar-refractivity contribution >= 4 is 0 Å². The molecule has 0 saturated heterocycles. The molecular weight excluding hydrogens is 364 g/mol. The molecule has 0 amide bonds. The Morgan fingerprint density at radius 1 is 1.20 bits per heavy atom. The molecule has 0 spiro atoms. The number of hydrogen-bond donors (Lipinski definition) is 0. The van der Waals surface area contributed by atoms with Crippen LogP contribution in [-0.4, -0.2) is 4.98 Å². The van der Waals surface area contributed by atoms with Crippen molar-refractivity contribution < 1.29 is 20.1 Å². The Bertz CT molecular complexity index is 457. The van der Waals surface area contributed by atoms with Crippen LogP contribution in [0.5, 0.6) is 0 Å². The van der Waals surface area contributed by atoms with Crippen LogP contribution >= 0.6 is 0 Å². The maximum Gasteiger partial charge on any atom is 3.00 e.